The van der Waals surface area contributed by atoms with Crippen molar-refractivity contribution in [2.75, 3.05) is 0 Å². The van der Waals surface area contributed by atoms with E-state index in [0.717, 1.165) is 32.9 Å². The Kier molecular flexibility index (Phi) is 6.03. The Morgan fingerprint density at radius 3 is 1.82 bits per heavy atom. The van der Waals surface area contributed by atoms with Gasteiger partial charge in [0.2, 0.25) is 0 Å². The van der Waals surface area contributed by atoms with Crippen LogP contribution in [0.2, 0.25) is 0 Å². The molecular formula is C32H27BN4O2. The van der Waals surface area contributed by atoms with E-state index in [1.165, 1.54) is 0 Å². The third kappa shape index (κ3) is 4.70. The summed E-state index contributed by atoms with van der Waals surface area (Å²) in [7, 11) is -0.491. The molecule has 1 aromatic heterocycles. The zero-order chi connectivity index (χ0) is 27.2. The van der Waals surface area contributed by atoms with Crippen LogP contribution in [-0.4, -0.2) is 33.3 Å². The van der Waals surface area contributed by atoms with Crippen LogP contribution < -0.4 is 5.46 Å². The molecule has 0 spiro atoms. The third-order valence-electron chi connectivity index (χ3n) is 7.59. The van der Waals surface area contributed by atoms with Gasteiger partial charge in [0, 0.05) is 16.7 Å². The van der Waals surface area contributed by atoms with Crippen molar-refractivity contribution in [3.05, 3.63) is 96.6 Å². The lowest BCUT2D eigenvalue weighted by Gasteiger charge is -2.32. The van der Waals surface area contributed by atoms with Gasteiger partial charge in [-0.15, -0.1) is 0 Å². The van der Waals surface area contributed by atoms with Crippen molar-refractivity contribution in [1.29, 1.82) is 5.26 Å². The van der Waals surface area contributed by atoms with E-state index in [4.69, 9.17) is 24.3 Å². The van der Waals surface area contributed by atoms with E-state index < -0.39 is 18.3 Å². The molecule has 6 nitrogen and oxygen atoms in total. The van der Waals surface area contributed by atoms with Crippen molar-refractivity contribution >= 4 is 23.4 Å². The molecule has 0 N–H and O–H groups in total. The van der Waals surface area contributed by atoms with Crippen LogP contribution in [0.25, 0.3) is 44.9 Å². The van der Waals surface area contributed by atoms with Crippen LogP contribution in [0.15, 0.2) is 91.0 Å². The van der Waals surface area contributed by atoms with Gasteiger partial charge < -0.3 is 9.31 Å². The molecule has 39 heavy (non-hydrogen) atoms. The average Bonchev–Trinajstić information content (AvgIpc) is 3.19. The lowest BCUT2D eigenvalue weighted by molar-refractivity contribution is 0.00578. The van der Waals surface area contributed by atoms with E-state index in [1.54, 1.807) is 12.1 Å². The van der Waals surface area contributed by atoms with Crippen LogP contribution >= 0.6 is 0 Å². The minimum absolute atomic E-state index is 0.438. The molecule has 190 valence electrons. The zero-order valence-electron chi connectivity index (χ0n) is 22.3. The SMILES string of the molecule is CC1(C)OB(c2cccc(-c3nc(-c4ccc(C#N)cc4)nc(-c4ccc5ccccc5c4)n3)c2)OC1(C)C. The molecule has 7 heteroatoms. The van der Waals surface area contributed by atoms with E-state index >= 15 is 0 Å². The summed E-state index contributed by atoms with van der Waals surface area (Å²) in [5.74, 6) is 1.66. The molecule has 6 rings (SSSR count). The predicted molar refractivity (Wildman–Crippen MR) is 154 cm³/mol. The molecule has 1 saturated heterocycles. The molecule has 5 aromatic rings. The minimum atomic E-state index is -0.491. The summed E-state index contributed by atoms with van der Waals surface area (Å²) in [4.78, 5) is 14.6. The molecule has 1 aliphatic heterocycles. The van der Waals surface area contributed by atoms with Gasteiger partial charge in [-0.05, 0) is 74.3 Å². The topological polar surface area (TPSA) is 80.9 Å². The molecule has 4 aromatic carbocycles. The Bertz CT molecular complexity index is 1730. The minimum Gasteiger partial charge on any atom is -0.399 e. The highest BCUT2D eigenvalue weighted by molar-refractivity contribution is 6.62. The Morgan fingerprint density at radius 1 is 0.615 bits per heavy atom. The number of nitriles is 1. The smallest absolute Gasteiger partial charge is 0.399 e. The van der Waals surface area contributed by atoms with Crippen LogP contribution in [0, 0.1) is 11.3 Å². The van der Waals surface area contributed by atoms with Crippen molar-refractivity contribution in [2.45, 2.75) is 38.9 Å². The molecule has 0 unspecified atom stereocenters. The van der Waals surface area contributed by atoms with E-state index in [-0.39, 0.29) is 0 Å². The van der Waals surface area contributed by atoms with Gasteiger partial charge in [-0.2, -0.15) is 5.26 Å². The maximum absolute atomic E-state index is 9.24. The van der Waals surface area contributed by atoms with Crippen LogP contribution in [0.3, 0.4) is 0 Å². The van der Waals surface area contributed by atoms with E-state index in [9.17, 15) is 5.26 Å². The molecule has 1 fully saturated rings. The molecular weight excluding hydrogens is 483 g/mol. The molecule has 0 radical (unpaired) electrons. The Hall–Kier alpha value is -4.38. The third-order valence-corrected chi connectivity index (χ3v) is 7.59. The summed E-state index contributed by atoms with van der Waals surface area (Å²) in [5, 5.41) is 11.5. The van der Waals surface area contributed by atoms with Crippen molar-refractivity contribution in [3.8, 4) is 40.2 Å². The van der Waals surface area contributed by atoms with E-state index in [2.05, 4.69) is 30.3 Å². The van der Waals surface area contributed by atoms with E-state index in [1.807, 2.05) is 82.3 Å². The molecule has 2 heterocycles. The number of hydrogen-bond acceptors (Lipinski definition) is 6. The van der Waals surface area contributed by atoms with Gasteiger partial charge in [-0.25, -0.2) is 15.0 Å². The molecule has 0 bridgehead atoms. The van der Waals surface area contributed by atoms with Crippen LogP contribution in [0.1, 0.15) is 33.3 Å². The van der Waals surface area contributed by atoms with Crippen molar-refractivity contribution in [2.24, 2.45) is 0 Å². The van der Waals surface area contributed by atoms with Crippen LogP contribution in [-0.2, 0) is 9.31 Å². The fraction of sp³-hybridized carbons (Fsp3) is 0.188. The number of nitrogens with zero attached hydrogens (tertiary/aromatic N) is 4. The largest absolute Gasteiger partial charge is 0.494 e. The number of aromatic nitrogens is 3. The van der Waals surface area contributed by atoms with Gasteiger partial charge >= 0.3 is 7.12 Å². The van der Waals surface area contributed by atoms with Gasteiger partial charge in [0.1, 0.15) is 0 Å². The lowest BCUT2D eigenvalue weighted by Crippen LogP contribution is -2.41. The van der Waals surface area contributed by atoms with E-state index in [0.29, 0.717) is 23.0 Å². The predicted octanol–water partition coefficient (Wildman–Crippen LogP) is 6.20. The van der Waals surface area contributed by atoms with Gasteiger partial charge in [0.25, 0.3) is 0 Å². The first kappa shape index (κ1) is 24.9. The first-order valence-electron chi connectivity index (χ1n) is 12.9. The molecule has 0 aliphatic carbocycles. The number of hydrogen-bond donors (Lipinski definition) is 0. The number of fused-ring (bicyclic) bond motifs is 1. The van der Waals surface area contributed by atoms with Gasteiger partial charge in [0.15, 0.2) is 17.5 Å². The lowest BCUT2D eigenvalue weighted by atomic mass is 9.78. The summed E-state index contributed by atoms with van der Waals surface area (Å²) < 4.78 is 12.6. The summed E-state index contributed by atoms with van der Waals surface area (Å²) in [6.07, 6.45) is 0. The quantitative estimate of drug-likeness (QED) is 0.268. The second kappa shape index (κ2) is 9.42. The normalized spacial score (nSPS) is 15.8. The van der Waals surface area contributed by atoms with Gasteiger partial charge in [-0.3, -0.25) is 0 Å². The number of benzene rings is 4. The van der Waals surface area contributed by atoms with Gasteiger partial charge in [-0.1, -0.05) is 60.7 Å². The first-order valence-corrected chi connectivity index (χ1v) is 12.9. The standard InChI is InChI=1S/C32H27BN4O2/c1-31(2)32(3,4)39-33(38-31)27-11-7-10-25(19-27)29-35-28(23-14-12-21(20-34)13-15-23)36-30(37-29)26-17-16-22-8-5-6-9-24(22)18-26/h5-19H,1-4H3. The molecule has 0 atom stereocenters. The zero-order valence-corrected chi connectivity index (χ0v) is 22.3. The fourth-order valence-electron chi connectivity index (χ4n) is 4.59. The summed E-state index contributed by atoms with van der Waals surface area (Å²) >= 11 is 0. The maximum Gasteiger partial charge on any atom is 0.494 e. The molecule has 0 amide bonds. The highest BCUT2D eigenvalue weighted by Crippen LogP contribution is 2.36. The highest BCUT2D eigenvalue weighted by atomic mass is 16.7. The number of rotatable bonds is 4. The average molecular weight is 510 g/mol. The Labute approximate surface area is 228 Å². The summed E-state index contributed by atoms with van der Waals surface area (Å²) in [5.41, 5.74) is 3.15. The highest BCUT2D eigenvalue weighted by Gasteiger charge is 2.51. The van der Waals surface area contributed by atoms with Crippen LogP contribution in [0.4, 0.5) is 0 Å². The summed E-state index contributed by atoms with van der Waals surface area (Å²) in [6.45, 7) is 8.18. The van der Waals surface area contributed by atoms with Crippen molar-refractivity contribution in [1.82, 2.24) is 15.0 Å². The monoisotopic (exact) mass is 510 g/mol. The Morgan fingerprint density at radius 2 is 1.18 bits per heavy atom. The Balaban J connectivity index is 1.47. The first-order chi connectivity index (χ1) is 18.7. The van der Waals surface area contributed by atoms with Crippen molar-refractivity contribution in [3.63, 3.8) is 0 Å². The maximum atomic E-state index is 9.24. The van der Waals surface area contributed by atoms with Crippen LogP contribution in [0.5, 0.6) is 0 Å². The molecule has 1 aliphatic rings. The van der Waals surface area contributed by atoms with Crippen molar-refractivity contribution < 1.29 is 9.31 Å². The fourth-order valence-corrected chi connectivity index (χ4v) is 4.59. The molecule has 0 saturated carbocycles. The summed E-state index contributed by atoms with van der Waals surface area (Å²) in [6, 6.07) is 31.8. The van der Waals surface area contributed by atoms with Gasteiger partial charge in [0.05, 0.1) is 22.8 Å². The second-order valence-electron chi connectivity index (χ2n) is 10.8. The second-order valence-corrected chi connectivity index (χ2v) is 10.8.